The van der Waals surface area contributed by atoms with Gasteiger partial charge in [-0.3, -0.25) is 14.5 Å². The molecule has 108 valence electrons. The second-order valence-electron chi connectivity index (χ2n) is 5.24. The van der Waals surface area contributed by atoms with Gasteiger partial charge in [0.2, 0.25) is 11.8 Å². The van der Waals surface area contributed by atoms with E-state index in [-0.39, 0.29) is 46.4 Å². The molecule has 1 saturated carbocycles. The van der Waals surface area contributed by atoms with Crippen molar-refractivity contribution in [2.75, 3.05) is 12.3 Å². The first kappa shape index (κ1) is 13.8. The minimum atomic E-state index is -3.63. The normalized spacial score (nSPS) is 23.9. The van der Waals surface area contributed by atoms with E-state index in [1.807, 2.05) is 6.07 Å². The number of nitriles is 1. The molecule has 2 unspecified atom stereocenters. The Kier molecular flexibility index (Phi) is 3.06. The van der Waals surface area contributed by atoms with Crippen LogP contribution in [-0.2, 0) is 19.4 Å². The predicted octanol–water partition coefficient (Wildman–Crippen LogP) is 0.337. The largest absolute Gasteiger partial charge is 0.281 e. The average Bonchev–Trinajstić information content (AvgIpc) is 3.23. The Morgan fingerprint density at radius 2 is 1.90 bits per heavy atom. The quantitative estimate of drug-likeness (QED) is 0.747. The lowest BCUT2D eigenvalue weighted by molar-refractivity contribution is -0.140. The fourth-order valence-corrected chi connectivity index (χ4v) is 3.81. The number of hydrogen-bond donors (Lipinski definition) is 0. The maximum absolute atomic E-state index is 12.2. The molecule has 0 bridgehead atoms. The van der Waals surface area contributed by atoms with Crippen molar-refractivity contribution in [3.05, 3.63) is 29.8 Å². The van der Waals surface area contributed by atoms with Gasteiger partial charge in [0.25, 0.3) is 0 Å². The Bertz CT molecular complexity index is 758. The topological polar surface area (TPSA) is 95.3 Å². The first-order chi connectivity index (χ1) is 9.94. The van der Waals surface area contributed by atoms with Crippen molar-refractivity contribution < 1.29 is 18.0 Å². The highest BCUT2D eigenvalue weighted by Gasteiger charge is 2.58. The molecule has 21 heavy (non-hydrogen) atoms. The number of likely N-dealkylation sites (tertiary alicyclic amines) is 1. The van der Waals surface area contributed by atoms with Crippen molar-refractivity contribution in [2.24, 2.45) is 11.8 Å². The molecule has 1 aromatic carbocycles. The highest BCUT2D eigenvalue weighted by molar-refractivity contribution is 7.91. The molecule has 3 rings (SSSR count). The van der Waals surface area contributed by atoms with Crippen LogP contribution in [0.2, 0.25) is 0 Å². The van der Waals surface area contributed by atoms with E-state index < -0.39 is 9.84 Å². The predicted molar refractivity (Wildman–Crippen MR) is 71.5 cm³/mol. The van der Waals surface area contributed by atoms with E-state index in [4.69, 9.17) is 5.26 Å². The van der Waals surface area contributed by atoms with E-state index in [0.717, 1.165) is 4.90 Å². The number of piperidine rings is 1. The molecule has 0 N–H and O–H groups in total. The van der Waals surface area contributed by atoms with Crippen LogP contribution < -0.4 is 0 Å². The number of imide groups is 1. The van der Waals surface area contributed by atoms with Crippen LogP contribution in [0.25, 0.3) is 0 Å². The molecule has 0 radical (unpaired) electrons. The van der Waals surface area contributed by atoms with Crippen LogP contribution in [0.4, 0.5) is 0 Å². The van der Waals surface area contributed by atoms with E-state index in [2.05, 4.69) is 0 Å². The van der Waals surface area contributed by atoms with Crippen molar-refractivity contribution >= 4 is 21.7 Å². The van der Waals surface area contributed by atoms with Crippen molar-refractivity contribution in [1.29, 1.82) is 5.26 Å². The van der Waals surface area contributed by atoms with Crippen molar-refractivity contribution in [3.63, 3.8) is 0 Å². The molecule has 6 nitrogen and oxygen atoms in total. The van der Waals surface area contributed by atoms with Crippen LogP contribution >= 0.6 is 0 Å². The monoisotopic (exact) mass is 304 g/mol. The van der Waals surface area contributed by atoms with Gasteiger partial charge >= 0.3 is 0 Å². The molecule has 2 aliphatic rings. The highest BCUT2D eigenvalue weighted by atomic mass is 32.2. The number of nitrogens with zero attached hydrogens (tertiary/aromatic N) is 2. The van der Waals surface area contributed by atoms with Gasteiger partial charge < -0.3 is 0 Å². The Hall–Kier alpha value is -2.20. The van der Waals surface area contributed by atoms with Gasteiger partial charge in [-0.05, 0) is 24.6 Å². The van der Waals surface area contributed by atoms with Gasteiger partial charge in [0.1, 0.15) is 0 Å². The first-order valence-electron chi connectivity index (χ1n) is 6.52. The molecule has 2 fully saturated rings. The Labute approximate surface area is 121 Å². The summed E-state index contributed by atoms with van der Waals surface area (Å²) in [6, 6.07) is 7.58. The van der Waals surface area contributed by atoms with Gasteiger partial charge in [-0.25, -0.2) is 8.42 Å². The van der Waals surface area contributed by atoms with Gasteiger partial charge in [0.05, 0.1) is 34.1 Å². The maximum Gasteiger partial charge on any atom is 0.233 e. The van der Waals surface area contributed by atoms with Crippen LogP contribution in [0.5, 0.6) is 0 Å². The van der Waals surface area contributed by atoms with Gasteiger partial charge in [-0.15, -0.1) is 0 Å². The van der Waals surface area contributed by atoms with E-state index in [1.165, 1.54) is 24.3 Å². The summed E-state index contributed by atoms with van der Waals surface area (Å²) in [6.07, 6.45) is 0.602. The summed E-state index contributed by atoms with van der Waals surface area (Å²) in [7, 11) is -3.63. The maximum atomic E-state index is 12.2. The van der Waals surface area contributed by atoms with Crippen LogP contribution in [0.1, 0.15) is 12.0 Å². The molecule has 2 atom stereocenters. The van der Waals surface area contributed by atoms with Gasteiger partial charge in [0, 0.05) is 6.54 Å². The summed E-state index contributed by atoms with van der Waals surface area (Å²) >= 11 is 0. The smallest absolute Gasteiger partial charge is 0.233 e. The number of carbonyl (C=O) groups is 2. The summed E-state index contributed by atoms with van der Waals surface area (Å²) in [6.45, 7) is -0.121. The molecule has 7 heteroatoms. The summed E-state index contributed by atoms with van der Waals surface area (Å²) in [5.74, 6) is -1.28. The molecular formula is C14H12N2O4S. The number of rotatable bonds is 4. The average molecular weight is 304 g/mol. The van der Waals surface area contributed by atoms with Crippen molar-refractivity contribution in [2.45, 2.75) is 11.3 Å². The summed E-state index contributed by atoms with van der Waals surface area (Å²) in [5, 5.41) is 8.79. The van der Waals surface area contributed by atoms with E-state index >= 15 is 0 Å². The zero-order valence-corrected chi connectivity index (χ0v) is 11.8. The summed E-state index contributed by atoms with van der Waals surface area (Å²) in [4.78, 5) is 24.6. The number of hydrogen-bond acceptors (Lipinski definition) is 5. The van der Waals surface area contributed by atoms with Gasteiger partial charge in [0.15, 0.2) is 9.84 Å². The van der Waals surface area contributed by atoms with Gasteiger partial charge in [-0.1, -0.05) is 6.07 Å². The first-order valence-corrected chi connectivity index (χ1v) is 8.17. The minimum absolute atomic E-state index is 0.0332. The molecule has 1 saturated heterocycles. The highest BCUT2D eigenvalue weighted by Crippen LogP contribution is 2.46. The van der Waals surface area contributed by atoms with Crippen molar-refractivity contribution in [1.82, 2.24) is 4.90 Å². The summed E-state index contributed by atoms with van der Waals surface area (Å²) in [5.41, 5.74) is 0.255. The number of sulfone groups is 1. The number of amides is 2. The molecule has 1 heterocycles. The number of carbonyl (C=O) groups excluding carboxylic acids is 2. The third-order valence-corrected chi connectivity index (χ3v) is 5.55. The molecule has 1 aromatic rings. The minimum Gasteiger partial charge on any atom is -0.281 e. The van der Waals surface area contributed by atoms with Crippen LogP contribution in [0.15, 0.2) is 29.2 Å². The van der Waals surface area contributed by atoms with Crippen molar-refractivity contribution in [3.8, 4) is 6.07 Å². The standard InChI is InChI=1S/C14H12N2O4S/c15-8-9-2-1-3-10(6-9)21(19,20)5-4-16-13(17)11-7-12(11)14(16)18/h1-3,6,11-12H,4-5,7H2. The van der Waals surface area contributed by atoms with Crippen LogP contribution in [0, 0.1) is 23.2 Å². The zero-order valence-electron chi connectivity index (χ0n) is 11.0. The second kappa shape index (κ2) is 4.67. The Balaban J connectivity index is 1.73. The Morgan fingerprint density at radius 1 is 1.24 bits per heavy atom. The van der Waals surface area contributed by atoms with E-state index in [9.17, 15) is 18.0 Å². The Morgan fingerprint density at radius 3 is 2.52 bits per heavy atom. The lowest BCUT2D eigenvalue weighted by atomic mass is 10.2. The molecule has 1 aliphatic carbocycles. The molecule has 0 spiro atoms. The zero-order chi connectivity index (χ0) is 15.2. The molecule has 1 aliphatic heterocycles. The SMILES string of the molecule is N#Cc1cccc(S(=O)(=O)CCN2C(=O)C3CC3C2=O)c1. The molecule has 2 amide bonds. The van der Waals surface area contributed by atoms with E-state index in [1.54, 1.807) is 0 Å². The second-order valence-corrected chi connectivity index (χ2v) is 7.34. The number of benzene rings is 1. The van der Waals surface area contributed by atoms with Crippen LogP contribution in [-0.4, -0.2) is 37.4 Å². The fraction of sp³-hybridized carbons (Fsp3) is 0.357. The van der Waals surface area contributed by atoms with E-state index in [0.29, 0.717) is 6.42 Å². The summed E-state index contributed by atoms with van der Waals surface area (Å²) < 4.78 is 24.4. The third kappa shape index (κ3) is 2.32. The molecule has 0 aromatic heterocycles. The lowest BCUT2D eigenvalue weighted by Gasteiger charge is -2.16. The van der Waals surface area contributed by atoms with Gasteiger partial charge in [-0.2, -0.15) is 5.26 Å². The fourth-order valence-electron chi connectivity index (χ4n) is 2.56. The lowest BCUT2D eigenvalue weighted by Crippen LogP contribution is -2.36. The number of fused-ring (bicyclic) bond motifs is 1. The van der Waals surface area contributed by atoms with Crippen LogP contribution in [0.3, 0.4) is 0 Å². The molecular weight excluding hydrogens is 292 g/mol. The third-order valence-electron chi connectivity index (χ3n) is 3.86.